The Hall–Kier alpha value is -4.03. The van der Waals surface area contributed by atoms with Gasteiger partial charge < -0.3 is 10.6 Å². The Morgan fingerprint density at radius 1 is 1.11 bits per heavy atom. The number of nitrogens with zero attached hydrogens (tertiary/aromatic N) is 6. The lowest BCUT2D eigenvalue weighted by atomic mass is 9.97. The van der Waals surface area contributed by atoms with Gasteiger partial charge in [0.1, 0.15) is 5.82 Å². The fourth-order valence-corrected chi connectivity index (χ4v) is 5.72. The van der Waals surface area contributed by atoms with Crippen molar-refractivity contribution in [1.29, 1.82) is 5.26 Å². The average molecular weight is 480 g/mol. The second kappa shape index (κ2) is 9.55. The first-order valence-electron chi connectivity index (χ1n) is 12.6. The van der Waals surface area contributed by atoms with Gasteiger partial charge in [-0.1, -0.05) is 12.1 Å². The number of fused-ring (bicyclic) bond motifs is 3. The van der Waals surface area contributed by atoms with E-state index in [-0.39, 0.29) is 0 Å². The third-order valence-electron chi connectivity index (χ3n) is 7.34. The van der Waals surface area contributed by atoms with Crippen LogP contribution in [0.15, 0.2) is 48.8 Å². The van der Waals surface area contributed by atoms with Crippen molar-refractivity contribution < 1.29 is 0 Å². The molecule has 3 atom stereocenters. The molecule has 3 N–H and O–H groups in total. The Kier molecular flexibility index (Phi) is 5.95. The molecule has 2 aliphatic rings. The number of H-pyrrole nitrogens is 1. The van der Waals surface area contributed by atoms with Crippen LogP contribution in [-0.4, -0.2) is 54.7 Å². The van der Waals surface area contributed by atoms with E-state index >= 15 is 0 Å². The number of hydrogen-bond acceptors (Lipinski definition) is 8. The van der Waals surface area contributed by atoms with Crippen molar-refractivity contribution in [2.24, 2.45) is 0 Å². The number of nitriles is 1. The third-order valence-corrected chi connectivity index (χ3v) is 7.34. The Morgan fingerprint density at radius 2 is 1.97 bits per heavy atom. The van der Waals surface area contributed by atoms with E-state index in [0.717, 1.165) is 58.7 Å². The lowest BCUT2D eigenvalue weighted by Gasteiger charge is -2.38. The minimum atomic E-state index is 0.306. The first kappa shape index (κ1) is 22.4. The highest BCUT2D eigenvalue weighted by Crippen LogP contribution is 2.37. The van der Waals surface area contributed by atoms with E-state index in [4.69, 9.17) is 15.2 Å². The normalized spacial score (nSPS) is 21.4. The minimum absolute atomic E-state index is 0.306. The van der Waals surface area contributed by atoms with Crippen LogP contribution >= 0.6 is 0 Å². The van der Waals surface area contributed by atoms with Gasteiger partial charge >= 0.3 is 0 Å². The van der Waals surface area contributed by atoms with Crippen LogP contribution in [-0.2, 0) is 0 Å². The van der Waals surface area contributed by atoms with Crippen LogP contribution in [0.3, 0.4) is 0 Å². The van der Waals surface area contributed by atoms with Gasteiger partial charge in [-0.25, -0.2) is 4.98 Å². The minimum Gasteiger partial charge on any atom is -0.351 e. The molecule has 0 amide bonds. The SMILES string of the molecule is Cc1cc(Nc2nc(NC3C[C@H]4CC[C@@H](C3)N4CCC#N)nc3cc(-c4cccnc4)ccc23)n[nH]1. The van der Waals surface area contributed by atoms with Gasteiger partial charge in [-0.3, -0.25) is 15.0 Å². The lowest BCUT2D eigenvalue weighted by Crippen LogP contribution is -2.47. The number of pyridine rings is 1. The predicted molar refractivity (Wildman–Crippen MR) is 140 cm³/mol. The van der Waals surface area contributed by atoms with E-state index in [1.807, 2.05) is 25.3 Å². The van der Waals surface area contributed by atoms with Crippen LogP contribution in [0.2, 0.25) is 0 Å². The molecule has 3 aromatic heterocycles. The molecule has 6 rings (SSSR count). The predicted octanol–water partition coefficient (Wildman–Crippen LogP) is 4.79. The molecule has 9 nitrogen and oxygen atoms in total. The number of hydrogen-bond donors (Lipinski definition) is 3. The van der Waals surface area contributed by atoms with Crippen molar-refractivity contribution in [3.05, 3.63) is 54.5 Å². The number of nitrogens with one attached hydrogen (secondary N) is 3. The standard InChI is InChI=1S/C27H29N9/c1-17-12-25(35-34-17)32-26-23-8-5-18(19-4-2-10-29-16-19)13-24(23)31-27(33-26)30-20-14-21-6-7-22(15-20)36(21)11-3-9-28/h2,4-5,8,10,12-13,16,20-22H,3,6-7,11,14-15H2,1H3,(H3,30,31,32,33,34,35)/t20?,21-,22+. The Balaban J connectivity index is 1.31. The monoisotopic (exact) mass is 479 g/mol. The van der Waals surface area contributed by atoms with Crippen LogP contribution in [0.4, 0.5) is 17.6 Å². The summed E-state index contributed by atoms with van der Waals surface area (Å²) in [5.74, 6) is 2.07. The first-order chi connectivity index (χ1) is 17.7. The number of aromatic amines is 1. The van der Waals surface area contributed by atoms with Crippen molar-refractivity contribution in [3.8, 4) is 17.2 Å². The third kappa shape index (κ3) is 4.48. The van der Waals surface area contributed by atoms with Crippen molar-refractivity contribution in [2.45, 2.75) is 57.2 Å². The number of benzene rings is 1. The largest absolute Gasteiger partial charge is 0.351 e. The molecule has 2 fully saturated rings. The molecule has 4 aromatic rings. The molecule has 5 heterocycles. The summed E-state index contributed by atoms with van der Waals surface area (Å²) in [4.78, 5) is 16.6. The Bertz CT molecular complexity index is 1390. The van der Waals surface area contributed by atoms with Crippen molar-refractivity contribution in [1.82, 2.24) is 30.0 Å². The van der Waals surface area contributed by atoms with Crippen molar-refractivity contribution >= 4 is 28.5 Å². The Labute approximate surface area is 210 Å². The van der Waals surface area contributed by atoms with Gasteiger partial charge in [0.05, 0.1) is 11.6 Å². The van der Waals surface area contributed by atoms with Crippen LogP contribution in [0, 0.1) is 18.3 Å². The molecule has 0 radical (unpaired) electrons. The zero-order chi connectivity index (χ0) is 24.5. The van der Waals surface area contributed by atoms with Crippen molar-refractivity contribution in [2.75, 3.05) is 17.2 Å². The second-order valence-corrected chi connectivity index (χ2v) is 9.77. The summed E-state index contributed by atoms with van der Waals surface area (Å²) in [6, 6.07) is 15.8. The summed E-state index contributed by atoms with van der Waals surface area (Å²) in [6.07, 6.45) is 8.73. The highest BCUT2D eigenvalue weighted by Gasteiger charge is 2.40. The fourth-order valence-electron chi connectivity index (χ4n) is 5.72. The molecule has 182 valence electrons. The average Bonchev–Trinajstić information content (AvgIpc) is 3.41. The number of aromatic nitrogens is 5. The number of anilines is 3. The fraction of sp³-hybridized carbons (Fsp3) is 0.370. The van der Waals surface area contributed by atoms with E-state index in [1.54, 1.807) is 6.20 Å². The highest BCUT2D eigenvalue weighted by molar-refractivity contribution is 5.94. The number of piperidine rings is 1. The molecule has 1 unspecified atom stereocenters. The molecule has 9 heteroatoms. The van der Waals surface area contributed by atoms with E-state index in [1.165, 1.54) is 12.8 Å². The van der Waals surface area contributed by atoms with Crippen LogP contribution < -0.4 is 10.6 Å². The molecule has 1 aromatic carbocycles. The zero-order valence-electron chi connectivity index (χ0n) is 20.3. The van der Waals surface area contributed by atoms with E-state index in [9.17, 15) is 0 Å². The summed E-state index contributed by atoms with van der Waals surface area (Å²) in [5.41, 5.74) is 3.95. The van der Waals surface area contributed by atoms with Crippen molar-refractivity contribution in [3.63, 3.8) is 0 Å². The van der Waals surface area contributed by atoms with Crippen LogP contribution in [0.25, 0.3) is 22.0 Å². The van der Waals surface area contributed by atoms with Gasteiger partial charge in [-0.2, -0.15) is 15.3 Å². The maximum absolute atomic E-state index is 9.03. The molecule has 0 aliphatic carbocycles. The molecular weight excluding hydrogens is 450 g/mol. The van der Waals surface area contributed by atoms with Gasteiger partial charge in [0.2, 0.25) is 5.95 Å². The topological polar surface area (TPSA) is 118 Å². The van der Waals surface area contributed by atoms with Gasteiger partial charge in [-0.15, -0.1) is 0 Å². The zero-order valence-corrected chi connectivity index (χ0v) is 20.3. The molecule has 0 saturated carbocycles. The summed E-state index contributed by atoms with van der Waals surface area (Å²) in [5, 5.41) is 24.3. The van der Waals surface area contributed by atoms with Gasteiger partial charge in [-0.05, 0) is 56.4 Å². The molecule has 36 heavy (non-hydrogen) atoms. The van der Waals surface area contributed by atoms with E-state index < -0.39 is 0 Å². The van der Waals surface area contributed by atoms with Gasteiger partial charge in [0, 0.05) is 66.2 Å². The molecule has 2 bridgehead atoms. The quantitative estimate of drug-likeness (QED) is 0.346. The first-order valence-corrected chi connectivity index (χ1v) is 12.6. The van der Waals surface area contributed by atoms with E-state index in [0.29, 0.717) is 30.5 Å². The van der Waals surface area contributed by atoms with Crippen LogP contribution in [0.5, 0.6) is 0 Å². The molecule has 2 saturated heterocycles. The van der Waals surface area contributed by atoms with E-state index in [2.05, 4.69) is 61.0 Å². The maximum atomic E-state index is 9.03. The number of rotatable bonds is 7. The second-order valence-electron chi connectivity index (χ2n) is 9.77. The lowest BCUT2D eigenvalue weighted by molar-refractivity contribution is 0.135. The summed E-state index contributed by atoms with van der Waals surface area (Å²) < 4.78 is 0. The summed E-state index contributed by atoms with van der Waals surface area (Å²) in [6.45, 7) is 2.85. The Morgan fingerprint density at radius 3 is 2.69 bits per heavy atom. The maximum Gasteiger partial charge on any atom is 0.225 e. The molecular formula is C27H29N9. The highest BCUT2D eigenvalue weighted by atomic mass is 15.3. The van der Waals surface area contributed by atoms with Gasteiger partial charge in [0.25, 0.3) is 0 Å². The van der Waals surface area contributed by atoms with Crippen LogP contribution in [0.1, 0.15) is 37.8 Å². The summed E-state index contributed by atoms with van der Waals surface area (Å²) in [7, 11) is 0. The number of aryl methyl sites for hydroxylation is 1. The summed E-state index contributed by atoms with van der Waals surface area (Å²) >= 11 is 0. The van der Waals surface area contributed by atoms with Gasteiger partial charge in [0.15, 0.2) is 5.82 Å². The smallest absolute Gasteiger partial charge is 0.225 e. The molecule has 2 aliphatic heterocycles. The molecule has 0 spiro atoms.